The molecule has 4 rings (SSSR count). The lowest BCUT2D eigenvalue weighted by Gasteiger charge is -2.38. The number of hydrogen-bond donors (Lipinski definition) is 1. The smallest absolute Gasteiger partial charge is 0.233 e. The Hall–Kier alpha value is -3.25. The summed E-state index contributed by atoms with van der Waals surface area (Å²) in [4.78, 5) is 13.2. The SMILES string of the molecule is C[N@@+]1(CCCOc2ccc(F)c(F)c2)CCC(C(C(N)=O)(c2ccccc2)c2ccccc2)C1. The second kappa shape index (κ2) is 9.94. The van der Waals surface area contributed by atoms with Gasteiger partial charge in [-0.15, -0.1) is 0 Å². The highest BCUT2D eigenvalue weighted by atomic mass is 19.2. The standard InChI is InChI=1S/C28H30F2N2O2/c1-32(16-8-18-34-24-13-14-25(29)26(30)19-24)17-15-23(20-32)28(27(31)33,21-9-4-2-5-10-21)22-11-6-3-7-12-22/h2-7,9-14,19,23H,8,15-18,20H2,1H3,(H-,31,33)/p+1/t23?,32-/m1/s1. The van der Waals surface area contributed by atoms with Crippen molar-refractivity contribution in [3.63, 3.8) is 0 Å². The molecule has 3 aromatic carbocycles. The number of nitrogens with zero attached hydrogens (tertiary/aromatic N) is 1. The number of halogens is 2. The summed E-state index contributed by atoms with van der Waals surface area (Å²) < 4.78 is 32.9. The molecule has 4 nitrogen and oxygen atoms in total. The normalized spacial score (nSPS) is 20.3. The second-order valence-electron chi connectivity index (χ2n) is 9.42. The summed E-state index contributed by atoms with van der Waals surface area (Å²) >= 11 is 0. The molecule has 1 saturated heterocycles. The summed E-state index contributed by atoms with van der Waals surface area (Å²) in [5.74, 6) is -1.76. The first-order valence-corrected chi connectivity index (χ1v) is 11.7. The molecule has 0 aromatic heterocycles. The summed E-state index contributed by atoms with van der Waals surface area (Å²) in [7, 11) is 2.19. The van der Waals surface area contributed by atoms with Crippen molar-refractivity contribution in [2.24, 2.45) is 11.7 Å². The van der Waals surface area contributed by atoms with Crippen LogP contribution in [0, 0.1) is 17.6 Å². The van der Waals surface area contributed by atoms with E-state index in [-0.39, 0.29) is 11.8 Å². The third-order valence-electron chi connectivity index (χ3n) is 7.14. The molecule has 1 heterocycles. The minimum atomic E-state index is -0.913. The van der Waals surface area contributed by atoms with Gasteiger partial charge >= 0.3 is 0 Å². The number of hydrogen-bond acceptors (Lipinski definition) is 2. The molecule has 0 radical (unpaired) electrons. The molecular formula is C28H31F2N2O2+. The molecule has 0 spiro atoms. The van der Waals surface area contributed by atoms with E-state index in [1.54, 1.807) is 0 Å². The average molecular weight is 466 g/mol. The van der Waals surface area contributed by atoms with E-state index in [1.165, 1.54) is 6.07 Å². The van der Waals surface area contributed by atoms with Crippen LogP contribution in [0.4, 0.5) is 8.78 Å². The van der Waals surface area contributed by atoms with Gasteiger partial charge in [0.05, 0.1) is 33.3 Å². The fraction of sp³-hybridized carbons (Fsp3) is 0.321. The van der Waals surface area contributed by atoms with Crippen molar-refractivity contribution >= 4 is 5.91 Å². The Kier molecular flexibility index (Phi) is 6.98. The maximum absolute atomic E-state index is 13.4. The number of carbonyl (C=O) groups is 1. The molecule has 2 N–H and O–H groups in total. The van der Waals surface area contributed by atoms with E-state index in [1.807, 2.05) is 60.7 Å². The van der Waals surface area contributed by atoms with Crippen LogP contribution in [-0.4, -0.2) is 43.7 Å². The molecule has 0 saturated carbocycles. The van der Waals surface area contributed by atoms with E-state index < -0.39 is 17.0 Å². The lowest BCUT2D eigenvalue weighted by atomic mass is 9.64. The largest absolute Gasteiger partial charge is 0.493 e. The Morgan fingerprint density at radius 1 is 1.00 bits per heavy atom. The van der Waals surface area contributed by atoms with Crippen LogP contribution in [0.25, 0.3) is 0 Å². The first-order valence-electron chi connectivity index (χ1n) is 11.7. The molecule has 0 aliphatic carbocycles. The zero-order valence-electron chi connectivity index (χ0n) is 19.4. The number of quaternary nitrogens is 1. The lowest BCUT2D eigenvalue weighted by molar-refractivity contribution is -0.899. The first kappa shape index (κ1) is 23.9. The highest BCUT2D eigenvalue weighted by Gasteiger charge is 2.53. The van der Waals surface area contributed by atoms with E-state index in [0.29, 0.717) is 12.4 Å². The van der Waals surface area contributed by atoms with Crippen molar-refractivity contribution in [2.75, 3.05) is 33.3 Å². The van der Waals surface area contributed by atoms with Gasteiger partial charge < -0.3 is 15.0 Å². The number of rotatable bonds is 9. The third-order valence-corrected chi connectivity index (χ3v) is 7.14. The van der Waals surface area contributed by atoms with Gasteiger partial charge in [0.25, 0.3) is 0 Å². The van der Waals surface area contributed by atoms with Crippen LogP contribution in [0.5, 0.6) is 5.75 Å². The van der Waals surface area contributed by atoms with Crippen LogP contribution < -0.4 is 10.5 Å². The van der Waals surface area contributed by atoms with Gasteiger partial charge in [-0.2, -0.15) is 0 Å². The zero-order chi connectivity index (χ0) is 24.2. The van der Waals surface area contributed by atoms with E-state index in [0.717, 1.165) is 60.2 Å². The van der Waals surface area contributed by atoms with Crippen molar-refractivity contribution in [2.45, 2.75) is 18.3 Å². The van der Waals surface area contributed by atoms with E-state index in [9.17, 15) is 13.6 Å². The van der Waals surface area contributed by atoms with Gasteiger partial charge in [0.2, 0.25) is 5.91 Å². The van der Waals surface area contributed by atoms with Gasteiger partial charge in [0.1, 0.15) is 11.2 Å². The Morgan fingerprint density at radius 3 is 2.18 bits per heavy atom. The number of ether oxygens (including phenoxy) is 1. The Morgan fingerprint density at radius 2 is 1.62 bits per heavy atom. The molecule has 1 aliphatic rings. The van der Waals surface area contributed by atoms with Crippen molar-refractivity contribution in [3.8, 4) is 5.75 Å². The highest BCUT2D eigenvalue weighted by molar-refractivity contribution is 5.91. The summed E-state index contributed by atoms with van der Waals surface area (Å²) in [6.45, 7) is 2.98. The van der Waals surface area contributed by atoms with Gasteiger partial charge in [-0.25, -0.2) is 8.78 Å². The summed E-state index contributed by atoms with van der Waals surface area (Å²) in [6.07, 6.45) is 1.62. The predicted molar refractivity (Wildman–Crippen MR) is 128 cm³/mol. The molecule has 6 heteroatoms. The van der Waals surface area contributed by atoms with E-state index in [2.05, 4.69) is 7.05 Å². The Bertz CT molecular complexity index is 1080. The van der Waals surface area contributed by atoms with Crippen LogP contribution in [0.15, 0.2) is 78.9 Å². The van der Waals surface area contributed by atoms with Gasteiger partial charge in [-0.3, -0.25) is 4.79 Å². The number of likely N-dealkylation sites (tertiary alicyclic amines) is 1. The second-order valence-corrected chi connectivity index (χ2v) is 9.42. The third kappa shape index (κ3) is 4.68. The maximum Gasteiger partial charge on any atom is 0.233 e. The minimum absolute atomic E-state index is 0.0481. The molecule has 3 aromatic rings. The van der Waals surface area contributed by atoms with E-state index >= 15 is 0 Å². The molecule has 1 unspecified atom stereocenters. The van der Waals surface area contributed by atoms with Crippen LogP contribution in [0.2, 0.25) is 0 Å². The topological polar surface area (TPSA) is 52.3 Å². The summed E-state index contributed by atoms with van der Waals surface area (Å²) in [5, 5.41) is 0. The van der Waals surface area contributed by atoms with Crippen LogP contribution in [0.3, 0.4) is 0 Å². The Labute approximate surface area is 199 Å². The van der Waals surface area contributed by atoms with Crippen molar-refractivity contribution in [1.82, 2.24) is 0 Å². The van der Waals surface area contributed by atoms with Gasteiger partial charge in [-0.1, -0.05) is 60.7 Å². The van der Waals surface area contributed by atoms with Gasteiger partial charge in [0.15, 0.2) is 11.6 Å². The first-order chi connectivity index (χ1) is 16.3. The number of benzene rings is 3. The number of amides is 1. The summed E-state index contributed by atoms with van der Waals surface area (Å²) in [5.41, 5.74) is 7.14. The average Bonchev–Trinajstić information content (AvgIpc) is 3.23. The molecule has 1 amide bonds. The number of primary amides is 1. The van der Waals surface area contributed by atoms with Crippen LogP contribution in [-0.2, 0) is 10.2 Å². The van der Waals surface area contributed by atoms with Crippen molar-refractivity contribution < 1.29 is 22.8 Å². The van der Waals surface area contributed by atoms with Crippen molar-refractivity contribution in [1.29, 1.82) is 0 Å². The fourth-order valence-electron chi connectivity index (χ4n) is 5.47. The molecule has 1 aliphatic heterocycles. The van der Waals surface area contributed by atoms with E-state index in [4.69, 9.17) is 10.5 Å². The highest BCUT2D eigenvalue weighted by Crippen LogP contribution is 2.45. The zero-order valence-corrected chi connectivity index (χ0v) is 19.4. The number of nitrogens with two attached hydrogens (primary N) is 1. The van der Waals surface area contributed by atoms with Gasteiger partial charge in [0, 0.05) is 24.8 Å². The van der Waals surface area contributed by atoms with Crippen molar-refractivity contribution in [3.05, 3.63) is 102 Å². The Balaban J connectivity index is 1.50. The summed E-state index contributed by atoms with van der Waals surface area (Å²) in [6, 6.07) is 23.3. The number of carbonyl (C=O) groups excluding carboxylic acids is 1. The van der Waals surface area contributed by atoms with Gasteiger partial charge in [-0.05, 0) is 23.3 Å². The molecule has 178 valence electrons. The predicted octanol–water partition coefficient (Wildman–Crippen LogP) is 4.67. The monoisotopic (exact) mass is 465 g/mol. The minimum Gasteiger partial charge on any atom is -0.493 e. The maximum atomic E-state index is 13.4. The molecule has 1 fully saturated rings. The van der Waals surface area contributed by atoms with Crippen LogP contribution >= 0.6 is 0 Å². The molecular weight excluding hydrogens is 434 g/mol. The quantitative estimate of drug-likeness (QED) is 0.369. The molecule has 34 heavy (non-hydrogen) atoms. The lowest BCUT2D eigenvalue weighted by Crippen LogP contribution is -2.51. The molecule has 0 bridgehead atoms. The van der Waals surface area contributed by atoms with Crippen LogP contribution in [0.1, 0.15) is 24.0 Å². The fourth-order valence-corrected chi connectivity index (χ4v) is 5.47. The molecule has 2 atom stereocenters.